The number of nitrogens with zero attached hydrogens (tertiary/aromatic N) is 4. The third-order valence-electron chi connectivity index (χ3n) is 4.28. The lowest BCUT2D eigenvalue weighted by atomic mass is 9.67. The van der Waals surface area contributed by atoms with E-state index in [2.05, 4.69) is 0 Å². The van der Waals surface area contributed by atoms with Crippen LogP contribution in [0.15, 0.2) is 0 Å². The minimum atomic E-state index is -3.15. The molecule has 142 valence electrons. The minimum absolute atomic E-state index is 0.476. The Kier molecular flexibility index (Phi) is 6.85. The van der Waals surface area contributed by atoms with Crippen LogP contribution in [0.4, 0.5) is 0 Å². The van der Waals surface area contributed by atoms with Gasteiger partial charge in [-0.2, -0.15) is 0 Å². The van der Waals surface area contributed by atoms with E-state index >= 15 is 0 Å². The summed E-state index contributed by atoms with van der Waals surface area (Å²) in [7, 11) is 0. The zero-order valence-electron chi connectivity index (χ0n) is 13.7. The molecule has 0 spiro atoms. The van der Waals surface area contributed by atoms with E-state index in [1.165, 1.54) is 13.8 Å². The first-order valence-corrected chi connectivity index (χ1v) is 7.12. The first kappa shape index (κ1) is 22.1. The molecule has 14 heteroatoms. The summed E-state index contributed by atoms with van der Waals surface area (Å²) in [5.41, 5.74) is -6.09. The smallest absolute Gasteiger partial charge is 0.457 e. The zero-order chi connectivity index (χ0) is 20.2. The fraction of sp³-hybridized carbons (Fsp3) is 0.909. The molecule has 0 bridgehead atoms. The van der Waals surface area contributed by atoms with Gasteiger partial charge in [0.25, 0.3) is 0 Å². The maximum atomic E-state index is 11.9. The van der Waals surface area contributed by atoms with Crippen molar-refractivity contribution in [3.05, 3.63) is 40.5 Å². The first-order chi connectivity index (χ1) is 11.3. The second-order valence-corrected chi connectivity index (χ2v) is 5.67. The zero-order valence-corrected chi connectivity index (χ0v) is 13.7. The molecule has 0 fully saturated rings. The molecule has 0 saturated heterocycles. The lowest BCUT2D eigenvalue weighted by Gasteiger charge is -2.33. The number of aliphatic carboxylic acids is 1. The van der Waals surface area contributed by atoms with Crippen LogP contribution < -0.4 is 0 Å². The lowest BCUT2D eigenvalue weighted by Crippen LogP contribution is -2.62. The van der Waals surface area contributed by atoms with Gasteiger partial charge in [0.2, 0.25) is 17.5 Å². The van der Waals surface area contributed by atoms with Crippen LogP contribution in [0.2, 0.25) is 0 Å². The Balaban J connectivity index is 6.82. The molecule has 25 heavy (non-hydrogen) atoms. The van der Waals surface area contributed by atoms with Gasteiger partial charge in [-0.15, -0.1) is 0 Å². The molecule has 0 amide bonds. The van der Waals surface area contributed by atoms with Crippen molar-refractivity contribution in [1.29, 1.82) is 0 Å². The van der Waals surface area contributed by atoms with Gasteiger partial charge in [-0.25, -0.2) is 0 Å². The van der Waals surface area contributed by atoms with Gasteiger partial charge in [0.15, 0.2) is 0 Å². The molecule has 0 aromatic heterocycles. The number of rotatable bonds is 11. The van der Waals surface area contributed by atoms with Crippen molar-refractivity contribution >= 4 is 5.97 Å². The number of carboxylic acid groups (broad SMARTS) is 1. The predicted octanol–water partition coefficient (Wildman–Crippen LogP) is 0.828. The van der Waals surface area contributed by atoms with Gasteiger partial charge in [0, 0.05) is 22.7 Å². The van der Waals surface area contributed by atoms with E-state index in [4.69, 9.17) is 0 Å². The van der Waals surface area contributed by atoms with Crippen LogP contribution >= 0.6 is 0 Å². The van der Waals surface area contributed by atoms with Crippen molar-refractivity contribution in [3.63, 3.8) is 0 Å². The van der Waals surface area contributed by atoms with Crippen LogP contribution in [-0.2, 0) is 4.79 Å². The Labute approximate surface area is 140 Å². The van der Waals surface area contributed by atoms with Gasteiger partial charge in [-0.3, -0.25) is 45.3 Å². The van der Waals surface area contributed by atoms with Gasteiger partial charge in [0.05, 0.1) is 16.8 Å². The normalized spacial score (nSPS) is 16.3. The number of nitro groups is 4. The number of hydrogen-bond donors (Lipinski definition) is 1. The lowest BCUT2D eigenvalue weighted by molar-refractivity contribution is -0.797. The fourth-order valence-corrected chi connectivity index (χ4v) is 2.97. The number of carbonyl (C=O) groups is 1. The summed E-state index contributed by atoms with van der Waals surface area (Å²) >= 11 is 0. The van der Waals surface area contributed by atoms with E-state index in [-0.39, 0.29) is 0 Å². The van der Waals surface area contributed by atoms with Crippen molar-refractivity contribution in [2.75, 3.05) is 0 Å². The van der Waals surface area contributed by atoms with Gasteiger partial charge in [-0.1, -0.05) is 13.8 Å². The highest BCUT2D eigenvalue weighted by atomic mass is 16.7. The standard InChI is InChI=1S/C11H18N4O10/c1-4-7(12(18)19)11(9(16)17,8(5-2)13(20)21)6-10(3,14(22)23)15(24)25/h7-8H,4-6H2,1-3H3,(H,16,17). The largest absolute Gasteiger partial charge is 0.480 e. The summed E-state index contributed by atoms with van der Waals surface area (Å²) in [5, 5.41) is 54.6. The molecule has 0 aliphatic carbocycles. The maximum Gasteiger partial charge on any atom is 0.457 e. The SMILES string of the molecule is CCC([N+](=O)[O-])C(CC(C)([N+](=O)[O-])[N+](=O)[O-])(C(=O)O)C(CC)[N+](=O)[O-]. The molecule has 0 aromatic carbocycles. The van der Waals surface area contributed by atoms with Crippen LogP contribution in [0.1, 0.15) is 40.0 Å². The molecule has 0 aliphatic heterocycles. The fourth-order valence-electron chi connectivity index (χ4n) is 2.97. The Morgan fingerprint density at radius 2 is 1.24 bits per heavy atom. The molecular formula is C11H18N4O10. The third-order valence-corrected chi connectivity index (χ3v) is 4.28. The summed E-state index contributed by atoms with van der Waals surface area (Å²) < 4.78 is 0. The molecule has 0 radical (unpaired) electrons. The molecule has 0 rings (SSSR count). The summed E-state index contributed by atoms with van der Waals surface area (Å²) in [6.45, 7) is 2.82. The van der Waals surface area contributed by atoms with E-state index in [9.17, 15) is 50.4 Å². The second-order valence-electron chi connectivity index (χ2n) is 5.67. The highest BCUT2D eigenvalue weighted by Crippen LogP contribution is 2.42. The van der Waals surface area contributed by atoms with Crippen molar-refractivity contribution in [3.8, 4) is 0 Å². The molecule has 0 aliphatic rings. The minimum Gasteiger partial charge on any atom is -0.480 e. The summed E-state index contributed by atoms with van der Waals surface area (Å²) in [6.07, 6.45) is -2.54. The Morgan fingerprint density at radius 3 is 1.40 bits per heavy atom. The molecule has 1 N–H and O–H groups in total. The van der Waals surface area contributed by atoms with Crippen molar-refractivity contribution < 1.29 is 29.6 Å². The molecule has 2 unspecified atom stereocenters. The average Bonchev–Trinajstić information content (AvgIpc) is 2.46. The van der Waals surface area contributed by atoms with Crippen LogP contribution in [0.3, 0.4) is 0 Å². The van der Waals surface area contributed by atoms with E-state index < -0.39 is 68.1 Å². The van der Waals surface area contributed by atoms with E-state index in [0.717, 1.165) is 0 Å². The average molecular weight is 366 g/mol. The van der Waals surface area contributed by atoms with Gasteiger partial charge in [-0.05, 0) is 0 Å². The second kappa shape index (κ2) is 7.76. The Bertz CT molecular complexity index is 555. The van der Waals surface area contributed by atoms with Gasteiger partial charge < -0.3 is 5.11 Å². The maximum absolute atomic E-state index is 11.9. The van der Waals surface area contributed by atoms with Crippen LogP contribution in [-0.4, -0.2) is 48.5 Å². The summed E-state index contributed by atoms with van der Waals surface area (Å²) in [6, 6.07) is -4.25. The summed E-state index contributed by atoms with van der Waals surface area (Å²) in [4.78, 5) is 51.9. The van der Waals surface area contributed by atoms with E-state index in [1.807, 2.05) is 0 Å². The first-order valence-electron chi connectivity index (χ1n) is 7.12. The van der Waals surface area contributed by atoms with Crippen molar-refractivity contribution in [2.24, 2.45) is 5.41 Å². The number of carboxylic acids is 1. The molecule has 0 aromatic rings. The topological polar surface area (TPSA) is 210 Å². The molecule has 0 heterocycles. The third kappa shape index (κ3) is 3.77. The van der Waals surface area contributed by atoms with E-state index in [1.54, 1.807) is 0 Å². The predicted molar refractivity (Wildman–Crippen MR) is 79.2 cm³/mol. The highest BCUT2D eigenvalue weighted by Gasteiger charge is 2.71. The summed E-state index contributed by atoms with van der Waals surface area (Å²) in [5.74, 6) is -2.06. The van der Waals surface area contributed by atoms with Crippen molar-refractivity contribution in [2.45, 2.75) is 57.8 Å². The molecule has 0 saturated carbocycles. The van der Waals surface area contributed by atoms with Crippen LogP contribution in [0.5, 0.6) is 0 Å². The monoisotopic (exact) mass is 366 g/mol. The van der Waals surface area contributed by atoms with Gasteiger partial charge in [0.1, 0.15) is 6.42 Å². The van der Waals surface area contributed by atoms with Crippen LogP contribution in [0, 0.1) is 45.9 Å². The molecule has 14 nitrogen and oxygen atoms in total. The van der Waals surface area contributed by atoms with Crippen LogP contribution in [0.25, 0.3) is 0 Å². The Hall–Kier alpha value is -2.93. The van der Waals surface area contributed by atoms with Crippen molar-refractivity contribution in [1.82, 2.24) is 0 Å². The van der Waals surface area contributed by atoms with Gasteiger partial charge >= 0.3 is 11.6 Å². The number of hydrogen-bond acceptors (Lipinski definition) is 9. The molecular weight excluding hydrogens is 348 g/mol. The highest BCUT2D eigenvalue weighted by molar-refractivity contribution is 5.76. The quantitative estimate of drug-likeness (QED) is 0.309. The Morgan fingerprint density at radius 1 is 0.920 bits per heavy atom. The van der Waals surface area contributed by atoms with E-state index in [0.29, 0.717) is 6.92 Å². The molecule has 2 atom stereocenters.